The molecule has 0 radical (unpaired) electrons. The molecule has 7 unspecified atom stereocenters. The molecule has 0 saturated carbocycles. The fourth-order valence-electron chi connectivity index (χ4n) is 9.48. The maximum absolute atomic E-state index is 15.5. The Hall–Kier alpha value is -5.92. The molecule has 12 nitrogen and oxygen atoms in total. The normalized spacial score (nSPS) is 20.9. The summed E-state index contributed by atoms with van der Waals surface area (Å²) in [5, 5.41) is 6.28. The van der Waals surface area contributed by atoms with Crippen molar-refractivity contribution in [1.82, 2.24) is 25.3 Å². The highest BCUT2D eigenvalue weighted by molar-refractivity contribution is 5.95. The second-order valence-electron chi connectivity index (χ2n) is 20.6. The van der Waals surface area contributed by atoms with Gasteiger partial charge in [0, 0.05) is 43.2 Å². The molecule has 0 aromatic heterocycles. The van der Waals surface area contributed by atoms with Crippen LogP contribution in [0.5, 0.6) is 0 Å². The molecule has 0 spiro atoms. The van der Waals surface area contributed by atoms with E-state index in [4.69, 9.17) is 11.5 Å². The number of amides is 5. The Labute approximate surface area is 388 Å². The minimum atomic E-state index is -0.903. The average molecular weight is 900 g/mol. The van der Waals surface area contributed by atoms with Gasteiger partial charge in [-0.3, -0.25) is 24.0 Å². The van der Waals surface area contributed by atoms with Crippen LogP contribution in [0.1, 0.15) is 124 Å². The zero-order valence-electron chi connectivity index (χ0n) is 39.4. The molecule has 2 heterocycles. The molecule has 5 amide bonds. The van der Waals surface area contributed by atoms with Gasteiger partial charge < -0.3 is 36.8 Å². The zero-order chi connectivity index (χ0) is 47.7. The molecule has 1 aliphatic carbocycles. The summed E-state index contributed by atoms with van der Waals surface area (Å²) in [5.41, 5.74) is 17.4. The van der Waals surface area contributed by atoms with E-state index in [-0.39, 0.29) is 68.1 Å². The van der Waals surface area contributed by atoms with E-state index >= 15 is 9.18 Å². The van der Waals surface area contributed by atoms with E-state index in [1.165, 1.54) is 16.5 Å². The van der Waals surface area contributed by atoms with Crippen molar-refractivity contribution in [2.75, 3.05) is 6.54 Å². The molecule has 13 heteroatoms. The first-order chi connectivity index (χ1) is 31.2. The third-order valence-electron chi connectivity index (χ3n) is 13.8. The summed E-state index contributed by atoms with van der Waals surface area (Å²) in [6, 6.07) is 24.1. The molecule has 7 rings (SSSR count). The van der Waals surface area contributed by atoms with Gasteiger partial charge in [0.2, 0.25) is 23.6 Å². The number of nitrogens with one attached hydrogen (secondary N) is 2. The molecule has 350 valence electrons. The van der Waals surface area contributed by atoms with Crippen LogP contribution in [0, 0.1) is 16.6 Å². The minimum absolute atomic E-state index is 0.0533. The van der Waals surface area contributed by atoms with Crippen molar-refractivity contribution in [2.45, 2.75) is 136 Å². The summed E-state index contributed by atoms with van der Waals surface area (Å²) in [4.78, 5) is 75.8. The number of halogens is 1. The molecule has 1 fully saturated rings. The van der Waals surface area contributed by atoms with Crippen LogP contribution in [-0.2, 0) is 45.1 Å². The second kappa shape index (κ2) is 19.5. The lowest BCUT2D eigenvalue weighted by Crippen LogP contribution is -2.59. The van der Waals surface area contributed by atoms with E-state index in [0.29, 0.717) is 16.7 Å². The van der Waals surface area contributed by atoms with Crippen LogP contribution in [0.3, 0.4) is 0 Å². The second-order valence-corrected chi connectivity index (χ2v) is 20.6. The van der Waals surface area contributed by atoms with Crippen LogP contribution >= 0.6 is 0 Å². The number of hydrogen-bond acceptors (Lipinski definition) is 7. The SMILES string of the molecule is CC(c1ccccc1F)N(Cc1ccc(C(=O)NC2CC(C(=O)NC3CCCc4ccccc43)N(C(=O)C(N)C(C)(C)C)C2)cc1)C(=O)C1Cc2ccccc2CN1C(=O)C(N)C(C)(C)C. The van der Waals surface area contributed by atoms with E-state index in [1.807, 2.05) is 84.0 Å². The van der Waals surface area contributed by atoms with Gasteiger partial charge in [-0.2, -0.15) is 0 Å². The van der Waals surface area contributed by atoms with Gasteiger partial charge in [-0.1, -0.05) is 120 Å². The maximum Gasteiger partial charge on any atom is 0.251 e. The molecule has 0 bridgehead atoms. The van der Waals surface area contributed by atoms with Crippen molar-refractivity contribution in [3.63, 3.8) is 0 Å². The van der Waals surface area contributed by atoms with Gasteiger partial charge in [0.05, 0.1) is 24.2 Å². The van der Waals surface area contributed by atoms with E-state index in [1.54, 1.807) is 59.2 Å². The molecule has 6 N–H and O–H groups in total. The lowest BCUT2D eigenvalue weighted by molar-refractivity contribution is -0.151. The van der Waals surface area contributed by atoms with Crippen molar-refractivity contribution in [1.29, 1.82) is 0 Å². The minimum Gasteiger partial charge on any atom is -0.347 e. The van der Waals surface area contributed by atoms with E-state index in [2.05, 4.69) is 16.7 Å². The van der Waals surface area contributed by atoms with Crippen LogP contribution in [0.15, 0.2) is 97.1 Å². The topological polar surface area (TPSA) is 171 Å². The number of hydrogen-bond donors (Lipinski definition) is 4. The Balaban J connectivity index is 1.11. The van der Waals surface area contributed by atoms with Gasteiger partial charge in [-0.15, -0.1) is 0 Å². The van der Waals surface area contributed by atoms with Crippen LogP contribution in [0.25, 0.3) is 0 Å². The molecule has 3 aliphatic rings. The molecule has 4 aromatic rings. The predicted molar refractivity (Wildman–Crippen MR) is 253 cm³/mol. The van der Waals surface area contributed by atoms with Gasteiger partial charge in [0.15, 0.2) is 0 Å². The smallest absolute Gasteiger partial charge is 0.251 e. The first-order valence-electron chi connectivity index (χ1n) is 23.2. The van der Waals surface area contributed by atoms with Gasteiger partial charge in [-0.05, 0) is 89.5 Å². The van der Waals surface area contributed by atoms with Gasteiger partial charge in [0.1, 0.15) is 17.9 Å². The number of fused-ring (bicyclic) bond motifs is 2. The molecular formula is C53H66FN7O5. The Bertz CT molecular complexity index is 2440. The fourth-order valence-corrected chi connectivity index (χ4v) is 9.48. The van der Waals surface area contributed by atoms with Crippen molar-refractivity contribution in [2.24, 2.45) is 22.3 Å². The summed E-state index contributed by atoms with van der Waals surface area (Å²) in [6.45, 7) is 13.5. The first kappa shape index (κ1) is 48.0. The first-order valence-corrected chi connectivity index (χ1v) is 23.2. The number of carbonyl (C=O) groups is 5. The highest BCUT2D eigenvalue weighted by Gasteiger charge is 2.45. The largest absolute Gasteiger partial charge is 0.347 e. The highest BCUT2D eigenvalue weighted by Crippen LogP contribution is 2.34. The van der Waals surface area contributed by atoms with Gasteiger partial charge in [-0.25, -0.2) is 4.39 Å². The fraction of sp³-hybridized carbons (Fsp3) is 0.453. The lowest BCUT2D eigenvalue weighted by atomic mass is 9.84. The standard InChI is InChI=1S/C53H66FN7O5/c1-32(39-19-12-13-21-41(39)54)59(49(64)44-27-36-16-8-9-17-37(36)30-60(44)50(65)45(55)52(2,3)4)29-33-23-25-35(26-24-33)47(62)57-38-28-43(61(31-38)51(66)46(56)53(5,6)7)48(63)58-42-22-14-18-34-15-10-11-20-40(34)42/h8-13,15-17,19-21,23-26,32,38,42-46H,14,18,22,27-31,55-56H2,1-7H3,(H,57,62)(H,58,63). The Morgan fingerprint density at radius 3 is 1.98 bits per heavy atom. The Kier molecular flexibility index (Phi) is 14.2. The van der Waals surface area contributed by atoms with E-state index in [0.717, 1.165) is 36.0 Å². The predicted octanol–water partition coefficient (Wildman–Crippen LogP) is 6.51. The number of nitrogens with two attached hydrogens (primary N) is 2. The number of carbonyl (C=O) groups excluding carboxylic acids is 5. The molecule has 1 saturated heterocycles. The Morgan fingerprint density at radius 2 is 1.33 bits per heavy atom. The number of likely N-dealkylation sites (tertiary alicyclic amines) is 1. The highest BCUT2D eigenvalue weighted by atomic mass is 19.1. The molecule has 4 aromatic carbocycles. The Morgan fingerprint density at radius 1 is 0.742 bits per heavy atom. The molecule has 7 atom stereocenters. The van der Waals surface area contributed by atoms with Crippen molar-refractivity contribution in [3.05, 3.63) is 142 Å². The van der Waals surface area contributed by atoms with E-state index in [9.17, 15) is 19.2 Å². The quantitative estimate of drug-likeness (QED) is 0.133. The van der Waals surface area contributed by atoms with Gasteiger partial charge >= 0.3 is 0 Å². The summed E-state index contributed by atoms with van der Waals surface area (Å²) in [6.07, 6.45) is 3.14. The molecular weight excluding hydrogens is 834 g/mol. The summed E-state index contributed by atoms with van der Waals surface area (Å²) < 4.78 is 15.5. The summed E-state index contributed by atoms with van der Waals surface area (Å²) in [5.74, 6) is -2.17. The average Bonchev–Trinajstić information content (AvgIpc) is 3.72. The maximum atomic E-state index is 15.5. The molecule has 66 heavy (non-hydrogen) atoms. The van der Waals surface area contributed by atoms with Crippen molar-refractivity contribution >= 4 is 29.5 Å². The van der Waals surface area contributed by atoms with Crippen molar-refractivity contribution < 1.29 is 28.4 Å². The van der Waals surface area contributed by atoms with Crippen molar-refractivity contribution in [3.8, 4) is 0 Å². The molecule has 2 aliphatic heterocycles. The van der Waals surface area contributed by atoms with E-state index < -0.39 is 52.9 Å². The number of rotatable bonds is 11. The summed E-state index contributed by atoms with van der Waals surface area (Å²) in [7, 11) is 0. The summed E-state index contributed by atoms with van der Waals surface area (Å²) >= 11 is 0. The monoisotopic (exact) mass is 900 g/mol. The number of aryl methyl sites for hydroxylation is 1. The van der Waals surface area contributed by atoms with Crippen LogP contribution in [-0.4, -0.2) is 81.0 Å². The third kappa shape index (κ3) is 10.4. The van der Waals surface area contributed by atoms with Crippen LogP contribution < -0.4 is 22.1 Å². The zero-order valence-corrected chi connectivity index (χ0v) is 39.4. The van der Waals surface area contributed by atoms with Crippen LogP contribution in [0.2, 0.25) is 0 Å². The van der Waals surface area contributed by atoms with Gasteiger partial charge in [0.25, 0.3) is 5.91 Å². The van der Waals surface area contributed by atoms with Crippen LogP contribution in [0.4, 0.5) is 4.39 Å². The number of benzene rings is 4. The lowest BCUT2D eigenvalue weighted by Gasteiger charge is -2.42. The third-order valence-corrected chi connectivity index (χ3v) is 13.8. The number of nitrogens with zero attached hydrogens (tertiary/aromatic N) is 3.